The molecule has 9 heteroatoms. The van der Waals surface area contributed by atoms with Gasteiger partial charge in [-0.25, -0.2) is 13.4 Å². The molecule has 1 aromatic heterocycles. The molecule has 0 aliphatic rings. The number of carbonyl (C=O) groups excluding carboxylic acids is 1. The number of carbonyl (C=O) groups is 2. The Kier molecular flexibility index (Phi) is 4.18. The van der Waals surface area contributed by atoms with Crippen LogP contribution >= 0.6 is 11.3 Å². The van der Waals surface area contributed by atoms with Gasteiger partial charge in [0.1, 0.15) is 5.75 Å². The summed E-state index contributed by atoms with van der Waals surface area (Å²) in [7, 11) is -4.00. The zero-order chi connectivity index (χ0) is 13.1. The highest BCUT2D eigenvalue weighted by atomic mass is 32.2. The highest BCUT2D eigenvalue weighted by molar-refractivity contribution is 7.93. The van der Waals surface area contributed by atoms with E-state index in [-0.39, 0.29) is 5.13 Å². The van der Waals surface area contributed by atoms with Gasteiger partial charge in [0, 0.05) is 11.6 Å². The third kappa shape index (κ3) is 3.79. The van der Waals surface area contributed by atoms with Crippen molar-refractivity contribution in [3.05, 3.63) is 11.6 Å². The molecule has 0 aromatic carbocycles. The number of thiazole rings is 1. The number of carboxylic acid groups (broad SMARTS) is 1. The first-order valence-electron chi connectivity index (χ1n) is 4.46. The Balaban J connectivity index is 2.65. The molecule has 0 radical (unpaired) electrons. The zero-order valence-electron chi connectivity index (χ0n) is 8.78. The number of carboxylic acids is 1. The monoisotopic (exact) mass is 278 g/mol. The first-order valence-corrected chi connectivity index (χ1v) is 7.06. The number of hydrogen-bond acceptors (Lipinski definition) is 6. The molecular weight excluding hydrogens is 268 g/mol. The molecule has 1 atom stereocenters. The second kappa shape index (κ2) is 5.23. The molecule has 0 bridgehead atoms. The van der Waals surface area contributed by atoms with Gasteiger partial charge in [-0.3, -0.25) is 9.59 Å². The molecule has 1 aromatic rings. The molecule has 0 aliphatic carbocycles. The molecule has 17 heavy (non-hydrogen) atoms. The van der Waals surface area contributed by atoms with Gasteiger partial charge in [0.25, 0.3) is 0 Å². The number of nitrogens with zero attached hydrogens (tertiary/aromatic N) is 1. The zero-order valence-corrected chi connectivity index (χ0v) is 10.4. The van der Waals surface area contributed by atoms with E-state index in [0.29, 0.717) is 0 Å². The number of amides is 1. The van der Waals surface area contributed by atoms with Crippen LogP contribution in [-0.2, 0) is 19.4 Å². The van der Waals surface area contributed by atoms with Crippen LogP contribution in [0.1, 0.15) is 6.92 Å². The lowest BCUT2D eigenvalue weighted by Gasteiger charge is -2.07. The number of nitrogens with one attached hydrogen (secondary N) is 1. The van der Waals surface area contributed by atoms with E-state index in [9.17, 15) is 18.0 Å². The average Bonchev–Trinajstić information content (AvgIpc) is 2.67. The Morgan fingerprint density at radius 3 is 2.71 bits per heavy atom. The maximum atomic E-state index is 11.5. The van der Waals surface area contributed by atoms with Crippen LogP contribution in [0.25, 0.3) is 0 Å². The Hall–Kier alpha value is -1.48. The molecule has 1 unspecified atom stereocenters. The molecular formula is C8H10N2O5S2. The summed E-state index contributed by atoms with van der Waals surface area (Å²) in [5.41, 5.74) is 0. The largest absolute Gasteiger partial charge is 0.480 e. The van der Waals surface area contributed by atoms with E-state index < -0.39 is 32.7 Å². The molecule has 1 amide bonds. The van der Waals surface area contributed by atoms with Gasteiger partial charge in [-0.2, -0.15) is 0 Å². The third-order valence-corrected chi connectivity index (χ3v) is 4.53. The lowest BCUT2D eigenvalue weighted by atomic mass is 10.5. The molecule has 2 N–H and O–H groups in total. The summed E-state index contributed by atoms with van der Waals surface area (Å²) in [5, 5.41) is 11.1. The van der Waals surface area contributed by atoms with E-state index in [1.54, 1.807) is 5.38 Å². The van der Waals surface area contributed by atoms with Crippen LogP contribution < -0.4 is 5.32 Å². The molecule has 0 saturated heterocycles. The summed E-state index contributed by atoms with van der Waals surface area (Å²) >= 11 is 1.14. The maximum Gasteiger partial charge on any atom is 0.321 e. The van der Waals surface area contributed by atoms with Crippen LogP contribution in [0.2, 0.25) is 0 Å². The first-order chi connectivity index (χ1) is 7.83. The van der Waals surface area contributed by atoms with Crippen LogP contribution in [0.5, 0.6) is 0 Å². The number of anilines is 1. The Morgan fingerprint density at radius 1 is 1.59 bits per heavy atom. The predicted octanol–water partition coefficient (Wildman–Crippen LogP) is -0.0305. The van der Waals surface area contributed by atoms with Gasteiger partial charge >= 0.3 is 5.97 Å². The van der Waals surface area contributed by atoms with E-state index in [1.807, 2.05) is 0 Å². The van der Waals surface area contributed by atoms with E-state index in [1.165, 1.54) is 6.20 Å². The van der Waals surface area contributed by atoms with Crippen molar-refractivity contribution in [2.24, 2.45) is 0 Å². The van der Waals surface area contributed by atoms with Crippen molar-refractivity contribution >= 4 is 38.2 Å². The normalized spacial score (nSPS) is 13.0. The molecule has 1 heterocycles. The smallest absolute Gasteiger partial charge is 0.321 e. The van der Waals surface area contributed by atoms with Gasteiger partial charge in [0.2, 0.25) is 5.91 Å². The van der Waals surface area contributed by atoms with Crippen molar-refractivity contribution < 1.29 is 23.1 Å². The van der Waals surface area contributed by atoms with Crippen molar-refractivity contribution in [2.45, 2.75) is 12.2 Å². The fourth-order valence-corrected chi connectivity index (χ4v) is 2.44. The van der Waals surface area contributed by atoms with Gasteiger partial charge in [0.15, 0.2) is 20.2 Å². The lowest BCUT2D eigenvalue weighted by Crippen LogP contribution is -2.34. The minimum Gasteiger partial charge on any atom is -0.480 e. The number of sulfone groups is 1. The lowest BCUT2D eigenvalue weighted by molar-refractivity contribution is -0.136. The predicted molar refractivity (Wildman–Crippen MR) is 61.6 cm³/mol. The molecule has 94 valence electrons. The Labute approximate surface area is 101 Å². The highest BCUT2D eigenvalue weighted by Crippen LogP contribution is 2.11. The standard InChI is InChI=1S/C8H10N2O5S2/c1-5(7(12)13)17(14,15)4-6(11)10-8-9-2-3-16-8/h2-3,5H,4H2,1H3,(H,12,13)(H,9,10,11). The maximum absolute atomic E-state index is 11.5. The summed E-state index contributed by atoms with van der Waals surface area (Å²) in [6.07, 6.45) is 1.45. The SMILES string of the molecule is CC(C(=O)O)S(=O)(=O)CC(=O)Nc1nccs1. The van der Waals surface area contributed by atoms with E-state index in [2.05, 4.69) is 10.3 Å². The highest BCUT2D eigenvalue weighted by Gasteiger charge is 2.30. The van der Waals surface area contributed by atoms with Crippen LogP contribution in [0.4, 0.5) is 5.13 Å². The van der Waals surface area contributed by atoms with Crippen molar-refractivity contribution in [3.8, 4) is 0 Å². The second-order valence-electron chi connectivity index (χ2n) is 3.17. The first kappa shape index (κ1) is 13.6. The number of aliphatic carboxylic acids is 1. The topological polar surface area (TPSA) is 113 Å². The third-order valence-electron chi connectivity index (χ3n) is 1.90. The summed E-state index contributed by atoms with van der Waals surface area (Å²) in [5.74, 6) is -3.15. The van der Waals surface area contributed by atoms with Crippen molar-refractivity contribution in [3.63, 3.8) is 0 Å². The Morgan fingerprint density at radius 2 is 2.24 bits per heavy atom. The number of hydrogen-bond donors (Lipinski definition) is 2. The number of rotatable bonds is 5. The minimum absolute atomic E-state index is 0.271. The van der Waals surface area contributed by atoms with Crippen LogP contribution in [0, 0.1) is 0 Å². The summed E-state index contributed by atoms with van der Waals surface area (Å²) in [6.45, 7) is 1.02. The minimum atomic E-state index is -4.00. The van der Waals surface area contributed by atoms with Crippen LogP contribution in [0.15, 0.2) is 11.6 Å². The molecule has 1 rings (SSSR count). The summed E-state index contributed by atoms with van der Waals surface area (Å²) in [6, 6.07) is 0. The van der Waals surface area contributed by atoms with Gasteiger partial charge < -0.3 is 10.4 Å². The fourth-order valence-electron chi connectivity index (χ4n) is 0.902. The summed E-state index contributed by atoms with van der Waals surface area (Å²) in [4.78, 5) is 25.6. The summed E-state index contributed by atoms with van der Waals surface area (Å²) < 4.78 is 22.9. The van der Waals surface area contributed by atoms with Gasteiger partial charge in [0.05, 0.1) is 0 Å². The van der Waals surface area contributed by atoms with Crippen LogP contribution in [0.3, 0.4) is 0 Å². The average molecular weight is 278 g/mol. The van der Waals surface area contributed by atoms with E-state index in [4.69, 9.17) is 5.11 Å². The molecule has 7 nitrogen and oxygen atoms in total. The number of aromatic nitrogens is 1. The molecule has 0 aliphatic heterocycles. The Bertz CT molecular complexity index is 508. The van der Waals surface area contributed by atoms with Crippen molar-refractivity contribution in [1.29, 1.82) is 0 Å². The van der Waals surface area contributed by atoms with E-state index >= 15 is 0 Å². The molecule has 0 saturated carbocycles. The van der Waals surface area contributed by atoms with Gasteiger partial charge in [-0.1, -0.05) is 0 Å². The quantitative estimate of drug-likeness (QED) is 0.781. The molecule has 0 spiro atoms. The van der Waals surface area contributed by atoms with Gasteiger partial charge in [-0.05, 0) is 6.92 Å². The fraction of sp³-hybridized carbons (Fsp3) is 0.375. The van der Waals surface area contributed by atoms with Crippen molar-refractivity contribution in [2.75, 3.05) is 11.1 Å². The van der Waals surface area contributed by atoms with Crippen LogP contribution in [-0.4, -0.2) is 41.4 Å². The van der Waals surface area contributed by atoms with E-state index in [0.717, 1.165) is 18.3 Å². The second-order valence-corrected chi connectivity index (χ2v) is 6.39. The van der Waals surface area contributed by atoms with Crippen molar-refractivity contribution in [1.82, 2.24) is 4.98 Å². The van der Waals surface area contributed by atoms with Gasteiger partial charge in [-0.15, -0.1) is 11.3 Å². The molecule has 0 fully saturated rings.